The van der Waals surface area contributed by atoms with E-state index in [-0.39, 0.29) is 6.04 Å². The lowest BCUT2D eigenvalue weighted by Crippen LogP contribution is -2.07. The van der Waals surface area contributed by atoms with Gasteiger partial charge in [-0.15, -0.1) is 0 Å². The predicted molar refractivity (Wildman–Crippen MR) is 72.2 cm³/mol. The van der Waals surface area contributed by atoms with Crippen molar-refractivity contribution in [3.05, 3.63) is 46.0 Å². The minimum Gasteiger partial charge on any atom is -0.464 e. The van der Waals surface area contributed by atoms with Gasteiger partial charge in [-0.05, 0) is 60.5 Å². The molecule has 0 bridgehead atoms. The molecule has 0 amide bonds. The van der Waals surface area contributed by atoms with Crippen molar-refractivity contribution in [2.75, 3.05) is 5.32 Å². The van der Waals surface area contributed by atoms with Gasteiger partial charge in [0.1, 0.15) is 17.3 Å². The van der Waals surface area contributed by atoms with E-state index < -0.39 is 0 Å². The van der Waals surface area contributed by atoms with E-state index >= 15 is 0 Å². The third kappa shape index (κ3) is 2.69. The maximum absolute atomic E-state index is 5.58. The molecule has 1 N–H and O–H groups in total. The maximum Gasteiger partial charge on any atom is 0.141 e. The molecule has 0 aliphatic heterocycles. The van der Waals surface area contributed by atoms with E-state index in [0.29, 0.717) is 0 Å². The number of halogens is 1. The van der Waals surface area contributed by atoms with Crippen LogP contribution in [0.3, 0.4) is 0 Å². The van der Waals surface area contributed by atoms with Gasteiger partial charge in [-0.1, -0.05) is 0 Å². The van der Waals surface area contributed by atoms with Gasteiger partial charge in [-0.2, -0.15) is 0 Å². The molecule has 17 heavy (non-hydrogen) atoms. The molecule has 90 valence electrons. The molecular weight excluding hydrogens is 280 g/mol. The fourth-order valence-electron chi connectivity index (χ4n) is 1.60. The number of nitrogens with zero attached hydrogens (tertiary/aromatic N) is 1. The Hall–Kier alpha value is -1.29. The second-order valence-electron chi connectivity index (χ2n) is 4.10. The average molecular weight is 295 g/mol. The quantitative estimate of drug-likeness (QED) is 0.921. The molecule has 1 atom stereocenters. The Morgan fingerprint density at radius 1 is 1.29 bits per heavy atom. The summed E-state index contributed by atoms with van der Waals surface area (Å²) in [5, 5.41) is 3.33. The van der Waals surface area contributed by atoms with Gasteiger partial charge >= 0.3 is 0 Å². The van der Waals surface area contributed by atoms with Crippen molar-refractivity contribution < 1.29 is 4.42 Å². The lowest BCUT2D eigenvalue weighted by atomic mass is 10.2. The highest BCUT2D eigenvalue weighted by atomic mass is 79.9. The highest BCUT2D eigenvalue weighted by Crippen LogP contribution is 2.27. The van der Waals surface area contributed by atoms with Gasteiger partial charge in [0, 0.05) is 6.20 Å². The van der Waals surface area contributed by atoms with Crippen molar-refractivity contribution in [1.82, 2.24) is 4.98 Å². The van der Waals surface area contributed by atoms with Crippen molar-refractivity contribution in [1.29, 1.82) is 0 Å². The monoisotopic (exact) mass is 294 g/mol. The van der Waals surface area contributed by atoms with Crippen LogP contribution in [-0.4, -0.2) is 4.98 Å². The van der Waals surface area contributed by atoms with E-state index in [2.05, 4.69) is 33.2 Å². The van der Waals surface area contributed by atoms with Gasteiger partial charge in [-0.25, -0.2) is 4.98 Å². The van der Waals surface area contributed by atoms with Crippen molar-refractivity contribution >= 4 is 21.7 Å². The molecule has 2 heterocycles. The number of nitrogens with one attached hydrogen (secondary N) is 1. The number of aromatic nitrogens is 1. The van der Waals surface area contributed by atoms with Crippen molar-refractivity contribution in [2.45, 2.75) is 26.8 Å². The predicted octanol–water partition coefficient (Wildman–Crippen LogP) is 4.23. The van der Waals surface area contributed by atoms with Gasteiger partial charge in [0.05, 0.1) is 10.5 Å². The summed E-state index contributed by atoms with van der Waals surface area (Å²) < 4.78 is 6.58. The zero-order chi connectivity index (χ0) is 12.4. The lowest BCUT2D eigenvalue weighted by Gasteiger charge is -2.14. The Bertz CT molecular complexity index is 522. The van der Waals surface area contributed by atoms with Crippen LogP contribution in [0.5, 0.6) is 0 Å². The van der Waals surface area contributed by atoms with Crippen molar-refractivity contribution in [2.24, 2.45) is 0 Å². The number of anilines is 1. The molecular formula is C13H15BrN2O. The Balaban J connectivity index is 2.18. The molecule has 0 aromatic carbocycles. The van der Waals surface area contributed by atoms with Crippen LogP contribution >= 0.6 is 15.9 Å². The smallest absolute Gasteiger partial charge is 0.141 e. The van der Waals surface area contributed by atoms with Crippen LogP contribution in [0.15, 0.2) is 33.3 Å². The molecule has 2 rings (SSSR count). The normalized spacial score (nSPS) is 12.5. The summed E-state index contributed by atoms with van der Waals surface area (Å²) in [5.41, 5.74) is 1.16. The highest BCUT2D eigenvalue weighted by Gasteiger charge is 2.12. The second kappa shape index (κ2) is 4.92. The Labute approximate surface area is 109 Å². The molecule has 1 unspecified atom stereocenters. The molecule has 4 heteroatoms. The van der Waals surface area contributed by atoms with E-state index in [0.717, 1.165) is 27.4 Å². The standard InChI is InChI=1S/C13H15BrN2O/c1-8-6-7-15-13(12(8)14)16-10(3)11-5-4-9(2)17-11/h4-7,10H,1-3H3,(H,15,16). The van der Waals surface area contributed by atoms with Gasteiger partial charge < -0.3 is 9.73 Å². The molecule has 0 fully saturated rings. The first-order valence-corrected chi connectivity index (χ1v) is 6.31. The van der Waals surface area contributed by atoms with Gasteiger partial charge in [0.2, 0.25) is 0 Å². The third-order valence-corrected chi connectivity index (χ3v) is 3.62. The number of furan rings is 1. The largest absolute Gasteiger partial charge is 0.464 e. The summed E-state index contributed by atoms with van der Waals surface area (Å²) in [5.74, 6) is 2.68. The van der Waals surface area contributed by atoms with Gasteiger partial charge in [0.15, 0.2) is 0 Å². The minimum absolute atomic E-state index is 0.0919. The van der Waals surface area contributed by atoms with Crippen LogP contribution in [0.1, 0.15) is 30.0 Å². The Morgan fingerprint density at radius 2 is 2.06 bits per heavy atom. The number of hydrogen-bond donors (Lipinski definition) is 1. The molecule has 0 saturated heterocycles. The molecule has 0 spiro atoms. The maximum atomic E-state index is 5.58. The molecule has 2 aromatic rings. The summed E-state index contributed by atoms with van der Waals surface area (Å²) in [6, 6.07) is 6.01. The zero-order valence-corrected chi connectivity index (χ0v) is 11.7. The molecule has 0 radical (unpaired) electrons. The number of rotatable bonds is 3. The van der Waals surface area contributed by atoms with Crippen LogP contribution in [0.4, 0.5) is 5.82 Å². The molecule has 0 aliphatic rings. The lowest BCUT2D eigenvalue weighted by molar-refractivity contribution is 0.466. The van der Waals surface area contributed by atoms with Crippen molar-refractivity contribution in [3.8, 4) is 0 Å². The van der Waals surface area contributed by atoms with E-state index in [4.69, 9.17) is 4.42 Å². The molecule has 0 saturated carbocycles. The molecule has 2 aromatic heterocycles. The van der Waals surface area contributed by atoms with E-state index in [1.165, 1.54) is 0 Å². The van der Waals surface area contributed by atoms with Crippen LogP contribution in [0, 0.1) is 13.8 Å². The Kier molecular flexibility index (Phi) is 3.52. The van der Waals surface area contributed by atoms with Crippen LogP contribution in [-0.2, 0) is 0 Å². The zero-order valence-electron chi connectivity index (χ0n) is 10.1. The molecule has 0 aliphatic carbocycles. The first kappa shape index (κ1) is 12.2. The van der Waals surface area contributed by atoms with Gasteiger partial charge in [0.25, 0.3) is 0 Å². The fourth-order valence-corrected chi connectivity index (χ4v) is 1.95. The number of aryl methyl sites for hydroxylation is 2. The fraction of sp³-hybridized carbons (Fsp3) is 0.308. The summed E-state index contributed by atoms with van der Waals surface area (Å²) in [4.78, 5) is 4.31. The molecule has 3 nitrogen and oxygen atoms in total. The van der Waals surface area contributed by atoms with E-state index in [9.17, 15) is 0 Å². The minimum atomic E-state index is 0.0919. The van der Waals surface area contributed by atoms with Crippen molar-refractivity contribution in [3.63, 3.8) is 0 Å². The summed E-state index contributed by atoms with van der Waals surface area (Å²) in [6.45, 7) is 6.03. The first-order chi connectivity index (χ1) is 8.08. The SMILES string of the molecule is Cc1ccc(C(C)Nc2nccc(C)c2Br)o1. The topological polar surface area (TPSA) is 38.1 Å². The van der Waals surface area contributed by atoms with Crippen LogP contribution < -0.4 is 5.32 Å². The second-order valence-corrected chi connectivity index (χ2v) is 4.90. The number of pyridine rings is 1. The highest BCUT2D eigenvalue weighted by molar-refractivity contribution is 9.10. The summed E-state index contributed by atoms with van der Waals surface area (Å²) in [6.07, 6.45) is 1.79. The van der Waals surface area contributed by atoms with Crippen LogP contribution in [0.2, 0.25) is 0 Å². The average Bonchev–Trinajstić information content (AvgIpc) is 2.72. The first-order valence-electron chi connectivity index (χ1n) is 5.52. The summed E-state index contributed by atoms with van der Waals surface area (Å²) in [7, 11) is 0. The summed E-state index contributed by atoms with van der Waals surface area (Å²) >= 11 is 3.53. The van der Waals surface area contributed by atoms with E-state index in [1.807, 2.05) is 32.0 Å². The third-order valence-electron chi connectivity index (χ3n) is 2.62. The van der Waals surface area contributed by atoms with E-state index in [1.54, 1.807) is 6.20 Å². The van der Waals surface area contributed by atoms with Gasteiger partial charge in [-0.3, -0.25) is 0 Å². The van der Waals surface area contributed by atoms with Crippen LogP contribution in [0.25, 0.3) is 0 Å². The Morgan fingerprint density at radius 3 is 2.71 bits per heavy atom. The number of hydrogen-bond acceptors (Lipinski definition) is 3.